The fraction of sp³-hybridized carbons (Fsp3) is 0.524. The number of terminal acetylenes is 1. The van der Waals surface area contributed by atoms with Crippen molar-refractivity contribution in [2.75, 3.05) is 54.1 Å². The molecule has 0 radical (unpaired) electrons. The molecule has 0 aliphatic carbocycles. The van der Waals surface area contributed by atoms with Crippen molar-refractivity contribution in [3.05, 3.63) is 23.9 Å². The zero-order chi connectivity index (χ0) is 21.1. The molecular weight excluding hydrogens is 356 g/mol. The number of benzene rings is 1. The van der Waals surface area contributed by atoms with Gasteiger partial charge in [-0.3, -0.25) is 9.48 Å². The van der Waals surface area contributed by atoms with Crippen LogP contribution in [0.5, 0.6) is 5.75 Å². The minimum Gasteiger partial charge on any atom is -0.489 e. The van der Waals surface area contributed by atoms with Crippen molar-refractivity contribution >= 4 is 16.8 Å². The first kappa shape index (κ1) is 23.5. The quantitative estimate of drug-likeness (QED) is 0.702. The van der Waals surface area contributed by atoms with Crippen LogP contribution in [0.3, 0.4) is 0 Å². The van der Waals surface area contributed by atoms with Crippen LogP contribution in [0.4, 0.5) is 0 Å². The number of rotatable bonds is 1. The van der Waals surface area contributed by atoms with E-state index in [1.54, 1.807) is 14.1 Å². The highest BCUT2D eigenvalue weighted by Crippen LogP contribution is 2.30. The van der Waals surface area contributed by atoms with Crippen molar-refractivity contribution in [2.24, 2.45) is 0 Å². The molecule has 3 heterocycles. The lowest BCUT2D eigenvalue weighted by molar-refractivity contribution is 0.0503. The minimum atomic E-state index is -0.0761. The van der Waals surface area contributed by atoms with Crippen LogP contribution >= 0.6 is 0 Å². The van der Waals surface area contributed by atoms with Crippen LogP contribution < -0.4 is 4.74 Å². The number of ether oxygens (including phenoxy) is 2. The van der Waals surface area contributed by atoms with E-state index in [0.29, 0.717) is 18.8 Å². The number of para-hydroxylation sites is 1. The van der Waals surface area contributed by atoms with Crippen molar-refractivity contribution in [1.82, 2.24) is 19.6 Å². The highest BCUT2D eigenvalue weighted by Gasteiger charge is 2.22. The Bertz CT molecular complexity index is 762. The molecule has 28 heavy (non-hydrogen) atoms. The maximum Gasteiger partial charge on any atom is 0.274 e. The lowest BCUT2D eigenvalue weighted by Gasteiger charge is -2.21. The Hall–Kier alpha value is -2.56. The van der Waals surface area contributed by atoms with Crippen LogP contribution in [-0.2, 0) is 11.3 Å². The first-order chi connectivity index (χ1) is 13.6. The third-order valence-electron chi connectivity index (χ3n) is 4.14. The zero-order valence-electron chi connectivity index (χ0n) is 17.6. The highest BCUT2D eigenvalue weighted by molar-refractivity contribution is 6.06. The van der Waals surface area contributed by atoms with Crippen LogP contribution in [-0.4, -0.2) is 79.5 Å². The highest BCUT2D eigenvalue weighted by atomic mass is 16.5. The molecule has 1 aromatic heterocycles. The molecule has 1 fully saturated rings. The van der Waals surface area contributed by atoms with Gasteiger partial charge in [0, 0.05) is 32.6 Å². The summed E-state index contributed by atoms with van der Waals surface area (Å²) in [5.41, 5.74) is 1.42. The fourth-order valence-corrected chi connectivity index (χ4v) is 2.75. The maximum atomic E-state index is 12.0. The lowest BCUT2D eigenvalue weighted by atomic mass is 10.2. The SMILES string of the molecule is C#C.CC.CN(C)C(=O)c1nn2c3c(cccc13)OCC2.CN1CCOCC1. The van der Waals surface area contributed by atoms with Gasteiger partial charge in [-0.25, -0.2) is 0 Å². The molecule has 4 rings (SSSR count). The van der Waals surface area contributed by atoms with Crippen molar-refractivity contribution in [1.29, 1.82) is 0 Å². The smallest absolute Gasteiger partial charge is 0.274 e. The summed E-state index contributed by atoms with van der Waals surface area (Å²) >= 11 is 0. The summed E-state index contributed by atoms with van der Waals surface area (Å²) in [6, 6.07) is 5.71. The molecule has 0 N–H and O–H groups in total. The Morgan fingerprint density at radius 1 is 1.11 bits per heavy atom. The van der Waals surface area contributed by atoms with E-state index >= 15 is 0 Å². The molecule has 2 aliphatic heterocycles. The largest absolute Gasteiger partial charge is 0.489 e. The van der Waals surface area contributed by atoms with Gasteiger partial charge in [0.15, 0.2) is 5.69 Å². The van der Waals surface area contributed by atoms with Gasteiger partial charge in [0.05, 0.1) is 19.8 Å². The maximum absolute atomic E-state index is 12.0. The molecule has 1 aromatic carbocycles. The van der Waals surface area contributed by atoms with Gasteiger partial charge >= 0.3 is 0 Å². The third kappa shape index (κ3) is 5.72. The van der Waals surface area contributed by atoms with E-state index in [2.05, 4.69) is 29.9 Å². The Kier molecular flexibility index (Phi) is 10.1. The number of likely N-dealkylation sites (N-methyl/N-ethyl adjacent to an activating group) is 1. The fourth-order valence-electron chi connectivity index (χ4n) is 2.75. The Morgan fingerprint density at radius 2 is 1.75 bits per heavy atom. The van der Waals surface area contributed by atoms with E-state index < -0.39 is 0 Å². The van der Waals surface area contributed by atoms with Crippen LogP contribution in [0.2, 0.25) is 0 Å². The zero-order valence-corrected chi connectivity index (χ0v) is 17.6. The number of hydrogen-bond acceptors (Lipinski definition) is 5. The Morgan fingerprint density at radius 3 is 2.29 bits per heavy atom. The monoisotopic (exact) mass is 388 g/mol. The van der Waals surface area contributed by atoms with Crippen molar-refractivity contribution in [3.63, 3.8) is 0 Å². The molecule has 7 heteroatoms. The second kappa shape index (κ2) is 12.0. The number of carbonyl (C=O) groups excluding carboxylic acids is 1. The van der Waals surface area contributed by atoms with E-state index in [-0.39, 0.29) is 5.91 Å². The summed E-state index contributed by atoms with van der Waals surface area (Å²) in [4.78, 5) is 15.8. The Labute approximate surface area is 168 Å². The molecule has 0 saturated carbocycles. The Balaban J connectivity index is 0.000000299. The summed E-state index contributed by atoms with van der Waals surface area (Å²) in [7, 11) is 5.57. The van der Waals surface area contributed by atoms with Crippen molar-refractivity contribution in [3.8, 4) is 18.6 Å². The van der Waals surface area contributed by atoms with E-state index in [1.807, 2.05) is 36.7 Å². The van der Waals surface area contributed by atoms with E-state index in [0.717, 1.165) is 43.0 Å². The van der Waals surface area contributed by atoms with Gasteiger partial charge in [-0.05, 0) is 13.1 Å². The van der Waals surface area contributed by atoms with Crippen LogP contribution in [0.1, 0.15) is 24.3 Å². The van der Waals surface area contributed by atoms with Gasteiger partial charge < -0.3 is 19.3 Å². The summed E-state index contributed by atoms with van der Waals surface area (Å²) < 4.78 is 12.5. The predicted molar refractivity (Wildman–Crippen MR) is 113 cm³/mol. The molecule has 1 amide bonds. The molecule has 0 atom stereocenters. The number of amides is 1. The molecule has 0 bridgehead atoms. The average Bonchev–Trinajstić information content (AvgIpc) is 3.12. The third-order valence-corrected chi connectivity index (χ3v) is 4.14. The number of nitrogens with zero attached hydrogens (tertiary/aromatic N) is 4. The summed E-state index contributed by atoms with van der Waals surface area (Å²) in [5, 5.41) is 5.25. The number of carbonyl (C=O) groups is 1. The van der Waals surface area contributed by atoms with Crippen LogP contribution in [0.15, 0.2) is 18.2 Å². The van der Waals surface area contributed by atoms with Crippen molar-refractivity contribution in [2.45, 2.75) is 20.4 Å². The number of hydrogen-bond donors (Lipinski definition) is 0. The number of morpholine rings is 1. The molecule has 1 saturated heterocycles. The van der Waals surface area contributed by atoms with E-state index in [4.69, 9.17) is 9.47 Å². The van der Waals surface area contributed by atoms with Crippen LogP contribution in [0.25, 0.3) is 10.9 Å². The lowest BCUT2D eigenvalue weighted by Crippen LogP contribution is -2.32. The predicted octanol–water partition coefficient (Wildman–Crippen LogP) is 2.35. The van der Waals surface area contributed by atoms with E-state index in [1.165, 1.54) is 4.90 Å². The van der Waals surface area contributed by atoms with Gasteiger partial charge in [-0.15, -0.1) is 12.8 Å². The normalized spacial score (nSPS) is 14.8. The minimum absolute atomic E-state index is 0.0761. The first-order valence-electron chi connectivity index (χ1n) is 9.51. The topological polar surface area (TPSA) is 59.8 Å². The molecule has 154 valence electrons. The summed E-state index contributed by atoms with van der Waals surface area (Å²) in [5.74, 6) is 0.729. The number of aromatic nitrogens is 2. The molecule has 0 unspecified atom stereocenters. The molecular formula is C21H32N4O3. The van der Waals surface area contributed by atoms with Crippen molar-refractivity contribution < 1.29 is 14.3 Å². The molecule has 2 aliphatic rings. The second-order valence-electron chi connectivity index (χ2n) is 6.19. The standard InChI is InChI=1S/C12H13N3O2.C5H11NO.C2H6.C2H2/c1-14(2)12(16)10-8-4-3-5-9-11(8)15(13-10)6-7-17-9;1-6-2-4-7-5-3-6;2*1-2/h3-5H,6-7H2,1-2H3;2-5H2,1H3;1-2H3;1-2H. The first-order valence-corrected chi connectivity index (χ1v) is 9.51. The molecule has 2 aromatic rings. The van der Waals surface area contributed by atoms with Gasteiger partial charge in [0.2, 0.25) is 0 Å². The van der Waals surface area contributed by atoms with E-state index in [9.17, 15) is 4.79 Å². The summed E-state index contributed by atoms with van der Waals surface area (Å²) in [6.07, 6.45) is 8.00. The van der Waals surface area contributed by atoms with Gasteiger partial charge in [-0.2, -0.15) is 5.10 Å². The molecule has 7 nitrogen and oxygen atoms in total. The molecule has 0 spiro atoms. The van der Waals surface area contributed by atoms with Gasteiger partial charge in [-0.1, -0.05) is 26.0 Å². The van der Waals surface area contributed by atoms with Gasteiger partial charge in [0.1, 0.15) is 17.9 Å². The van der Waals surface area contributed by atoms with Crippen LogP contribution in [0, 0.1) is 12.8 Å². The second-order valence-corrected chi connectivity index (χ2v) is 6.19. The average molecular weight is 389 g/mol. The summed E-state index contributed by atoms with van der Waals surface area (Å²) in [6.45, 7) is 9.31. The van der Waals surface area contributed by atoms with Gasteiger partial charge in [0.25, 0.3) is 5.91 Å².